The highest BCUT2D eigenvalue weighted by atomic mass is 35.5. The maximum absolute atomic E-state index is 6.74. The lowest BCUT2D eigenvalue weighted by atomic mass is 10.1. The fourth-order valence-electron chi connectivity index (χ4n) is 3.91. The van der Waals surface area contributed by atoms with E-state index in [1.165, 1.54) is 43.0 Å². The Labute approximate surface area is 178 Å². The minimum Gasteiger partial charge on any atom is -0.0845 e. The zero-order valence-electron chi connectivity index (χ0n) is 18.2. The first-order valence-electron chi connectivity index (χ1n) is 10.0. The van der Waals surface area contributed by atoms with E-state index in [-0.39, 0.29) is 0 Å². The van der Waals surface area contributed by atoms with Gasteiger partial charge in [-0.3, -0.25) is 0 Å². The highest BCUT2D eigenvalue weighted by molar-refractivity contribution is 6.97. The molecule has 3 aromatic carbocycles. The molecule has 1 unspecified atom stereocenters. The molecule has 3 rings (SSSR count). The van der Waals surface area contributed by atoms with Crippen LogP contribution in [0.1, 0.15) is 22.3 Å². The van der Waals surface area contributed by atoms with E-state index in [2.05, 4.69) is 89.8 Å². The van der Waals surface area contributed by atoms with Gasteiger partial charge in [0.15, 0.2) is 0 Å². The van der Waals surface area contributed by atoms with Crippen molar-refractivity contribution in [3.8, 4) is 0 Å². The Bertz CT molecular complexity index is 992. The fourth-order valence-corrected chi connectivity index (χ4v) is 9.19. The molecule has 28 heavy (non-hydrogen) atoms. The molecule has 0 aliphatic rings. The summed E-state index contributed by atoms with van der Waals surface area (Å²) in [4.78, 5) is 0. The molecule has 0 fully saturated rings. The maximum Gasteiger partial charge on any atom is 0.134 e. The molecule has 0 aliphatic carbocycles. The summed E-state index contributed by atoms with van der Waals surface area (Å²) in [5, 5.41) is 6.69. The molecule has 146 valence electrons. The van der Waals surface area contributed by atoms with Crippen LogP contribution in [0.25, 0.3) is 0 Å². The molecule has 0 saturated carbocycles. The standard InChI is InChI=1S/C25H31ClSi2/c1-17-12-21(16-23(13-17)28(5,6)7)27(25-11-9-8-10-24(25)26)22-14-18(2)20(4)19(3)15-22/h8-16,27H,1-7H3. The largest absolute Gasteiger partial charge is 0.134 e. The Balaban J connectivity index is 2.30. The van der Waals surface area contributed by atoms with E-state index >= 15 is 0 Å². The minimum atomic E-state index is -1.66. The first-order chi connectivity index (χ1) is 13.1. The molecule has 0 radical (unpaired) electrons. The highest BCUT2D eigenvalue weighted by Gasteiger charge is 2.25. The topological polar surface area (TPSA) is 0 Å². The van der Waals surface area contributed by atoms with Gasteiger partial charge in [0.1, 0.15) is 8.80 Å². The second-order valence-electron chi connectivity index (χ2n) is 9.12. The van der Waals surface area contributed by atoms with E-state index in [1.807, 2.05) is 12.1 Å². The number of aryl methyl sites for hydroxylation is 3. The van der Waals surface area contributed by atoms with Crippen molar-refractivity contribution in [2.75, 3.05) is 0 Å². The van der Waals surface area contributed by atoms with Crippen LogP contribution in [0.3, 0.4) is 0 Å². The van der Waals surface area contributed by atoms with Gasteiger partial charge in [-0.25, -0.2) is 0 Å². The normalized spacial score (nSPS) is 12.9. The van der Waals surface area contributed by atoms with Crippen LogP contribution in [0.4, 0.5) is 0 Å². The van der Waals surface area contributed by atoms with Gasteiger partial charge in [-0.2, -0.15) is 0 Å². The van der Waals surface area contributed by atoms with Crippen molar-refractivity contribution in [1.29, 1.82) is 0 Å². The molecule has 1 atom stereocenters. The molecule has 0 heterocycles. The summed E-state index contributed by atoms with van der Waals surface area (Å²) < 4.78 is 0. The summed E-state index contributed by atoms with van der Waals surface area (Å²) in [6.07, 6.45) is 0. The molecular formula is C25H31ClSi2. The minimum absolute atomic E-state index is 0.895. The molecule has 3 aromatic rings. The number of benzene rings is 3. The maximum atomic E-state index is 6.74. The van der Waals surface area contributed by atoms with Crippen LogP contribution in [-0.4, -0.2) is 16.9 Å². The van der Waals surface area contributed by atoms with E-state index in [9.17, 15) is 0 Å². The van der Waals surface area contributed by atoms with Gasteiger partial charge < -0.3 is 0 Å². The Hall–Kier alpha value is -1.62. The smallest absolute Gasteiger partial charge is 0.0845 e. The Kier molecular flexibility index (Phi) is 6.04. The summed E-state index contributed by atoms with van der Waals surface area (Å²) in [6, 6.07) is 20.5. The number of halogens is 1. The predicted octanol–water partition coefficient (Wildman–Crippen LogP) is 4.37. The SMILES string of the molecule is Cc1cc([SiH](c2cc(C)c(C)c(C)c2)c2ccccc2Cl)cc([Si](C)(C)C)c1. The Morgan fingerprint density at radius 1 is 0.750 bits per heavy atom. The monoisotopic (exact) mass is 422 g/mol. The van der Waals surface area contributed by atoms with Gasteiger partial charge in [-0.15, -0.1) is 0 Å². The van der Waals surface area contributed by atoms with Crippen LogP contribution in [0.2, 0.25) is 24.7 Å². The van der Waals surface area contributed by atoms with Crippen LogP contribution >= 0.6 is 11.6 Å². The second kappa shape index (κ2) is 8.02. The van der Waals surface area contributed by atoms with Crippen molar-refractivity contribution in [1.82, 2.24) is 0 Å². The lowest BCUT2D eigenvalue weighted by Gasteiger charge is -2.24. The van der Waals surface area contributed by atoms with Crippen LogP contribution in [-0.2, 0) is 0 Å². The Morgan fingerprint density at radius 2 is 1.32 bits per heavy atom. The van der Waals surface area contributed by atoms with Crippen molar-refractivity contribution in [3.63, 3.8) is 0 Å². The van der Waals surface area contributed by atoms with Gasteiger partial charge in [-0.05, 0) is 55.6 Å². The van der Waals surface area contributed by atoms with Gasteiger partial charge in [0.05, 0.1) is 8.07 Å². The molecule has 0 bridgehead atoms. The average Bonchev–Trinajstić information content (AvgIpc) is 2.60. The van der Waals surface area contributed by atoms with Gasteiger partial charge in [0.2, 0.25) is 0 Å². The molecule has 0 nitrogen and oxygen atoms in total. The van der Waals surface area contributed by atoms with Crippen LogP contribution < -0.4 is 20.7 Å². The summed E-state index contributed by atoms with van der Waals surface area (Å²) >= 11 is 6.74. The van der Waals surface area contributed by atoms with Gasteiger partial charge in [0.25, 0.3) is 0 Å². The lowest BCUT2D eigenvalue weighted by Crippen LogP contribution is -2.54. The van der Waals surface area contributed by atoms with Crippen molar-refractivity contribution in [2.24, 2.45) is 0 Å². The van der Waals surface area contributed by atoms with Gasteiger partial charge in [0, 0.05) is 5.02 Å². The zero-order valence-corrected chi connectivity index (χ0v) is 21.1. The summed E-state index contributed by atoms with van der Waals surface area (Å²) in [6.45, 7) is 16.2. The molecule has 0 spiro atoms. The third kappa shape index (κ3) is 4.35. The number of rotatable bonds is 4. The quantitative estimate of drug-likeness (QED) is 0.432. The first kappa shape index (κ1) is 21.1. The van der Waals surface area contributed by atoms with Gasteiger partial charge in [-0.1, -0.05) is 101 Å². The van der Waals surface area contributed by atoms with Crippen molar-refractivity contribution >= 4 is 49.2 Å². The first-order valence-corrected chi connectivity index (χ1v) is 15.6. The zero-order chi connectivity index (χ0) is 20.6. The van der Waals surface area contributed by atoms with E-state index in [0.717, 1.165) is 5.02 Å². The second-order valence-corrected chi connectivity index (χ2v) is 17.4. The molecule has 0 N–H and O–H groups in total. The molecule has 3 heteroatoms. The predicted molar refractivity (Wildman–Crippen MR) is 132 cm³/mol. The van der Waals surface area contributed by atoms with Crippen molar-refractivity contribution in [2.45, 2.75) is 47.3 Å². The molecule has 0 aromatic heterocycles. The van der Waals surface area contributed by atoms with E-state index < -0.39 is 16.9 Å². The van der Waals surface area contributed by atoms with Crippen LogP contribution in [0, 0.1) is 27.7 Å². The van der Waals surface area contributed by atoms with Gasteiger partial charge >= 0.3 is 0 Å². The molecule has 0 saturated heterocycles. The number of hydrogen-bond acceptors (Lipinski definition) is 0. The van der Waals surface area contributed by atoms with Crippen molar-refractivity contribution < 1.29 is 0 Å². The highest BCUT2D eigenvalue weighted by Crippen LogP contribution is 2.13. The average molecular weight is 423 g/mol. The van der Waals surface area contributed by atoms with Crippen LogP contribution in [0.15, 0.2) is 54.6 Å². The van der Waals surface area contributed by atoms with E-state index in [0.29, 0.717) is 0 Å². The third-order valence-corrected chi connectivity index (χ3v) is 11.5. The summed E-state index contributed by atoms with van der Waals surface area (Å²) in [7, 11) is -3.06. The van der Waals surface area contributed by atoms with E-state index in [1.54, 1.807) is 0 Å². The molecule has 0 amide bonds. The summed E-state index contributed by atoms with van der Waals surface area (Å²) in [5.41, 5.74) is 5.50. The third-order valence-electron chi connectivity index (χ3n) is 5.80. The lowest BCUT2D eigenvalue weighted by molar-refractivity contribution is 1.28. The summed E-state index contributed by atoms with van der Waals surface area (Å²) in [5.74, 6) is 0. The van der Waals surface area contributed by atoms with Crippen molar-refractivity contribution in [3.05, 3.63) is 81.9 Å². The number of hydrogen-bond donors (Lipinski definition) is 0. The molecule has 0 aliphatic heterocycles. The molecular weight excluding hydrogens is 392 g/mol. The van der Waals surface area contributed by atoms with E-state index in [4.69, 9.17) is 11.6 Å². The van der Waals surface area contributed by atoms with Crippen LogP contribution in [0.5, 0.6) is 0 Å². The Morgan fingerprint density at radius 3 is 1.89 bits per heavy atom. The fraction of sp³-hybridized carbons (Fsp3) is 0.280.